The average molecular weight is 577 g/mol. The normalized spacial score (nSPS) is 28.9. The Hall–Kier alpha value is -3.10. The first-order valence-corrected chi connectivity index (χ1v) is 15.5. The number of nitrogens with zero attached hydrogens (tertiary/aromatic N) is 2. The fraction of sp³-hybridized carbons (Fsp3) is 0.485. The highest BCUT2D eigenvalue weighted by molar-refractivity contribution is 8.02. The van der Waals surface area contributed by atoms with E-state index >= 15 is 0 Å². The maximum Gasteiger partial charge on any atom is 0.310 e. The molecule has 3 aliphatic rings. The van der Waals surface area contributed by atoms with Crippen molar-refractivity contribution >= 4 is 46.0 Å². The number of anilines is 1. The van der Waals surface area contributed by atoms with Gasteiger partial charge in [0.05, 0.1) is 35.8 Å². The van der Waals surface area contributed by atoms with Gasteiger partial charge in [-0.15, -0.1) is 24.9 Å². The number of benzene rings is 2. The second kappa shape index (κ2) is 12.0. The molecule has 2 bridgehead atoms. The van der Waals surface area contributed by atoms with Crippen molar-refractivity contribution in [2.24, 2.45) is 17.8 Å². The van der Waals surface area contributed by atoms with Crippen molar-refractivity contribution < 1.29 is 24.2 Å². The van der Waals surface area contributed by atoms with Gasteiger partial charge in [-0.1, -0.05) is 56.3 Å². The zero-order valence-corrected chi connectivity index (χ0v) is 24.7. The van der Waals surface area contributed by atoms with Gasteiger partial charge < -0.3 is 19.6 Å². The molecule has 0 radical (unpaired) electrons. The molecule has 7 atom stereocenters. The van der Waals surface area contributed by atoms with Crippen molar-refractivity contribution in [2.75, 3.05) is 24.7 Å². The van der Waals surface area contributed by atoms with Crippen LogP contribution in [-0.2, 0) is 19.1 Å². The Bertz CT molecular complexity index is 1340. The molecule has 1 N–H and O–H groups in total. The summed E-state index contributed by atoms with van der Waals surface area (Å²) in [6, 6.07) is 12.5. The Balaban J connectivity index is 1.57. The lowest BCUT2D eigenvalue weighted by Gasteiger charge is -2.42. The molecule has 2 amide bonds. The van der Waals surface area contributed by atoms with E-state index in [2.05, 4.69) is 20.1 Å². The highest BCUT2D eigenvalue weighted by atomic mass is 32.2. The number of aliphatic hydroxyl groups excluding tert-OH is 1. The van der Waals surface area contributed by atoms with Crippen LogP contribution in [0.5, 0.6) is 0 Å². The molecule has 0 aromatic heterocycles. The molecule has 3 fully saturated rings. The number of hydrogen-bond donors (Lipinski definition) is 1. The Kier molecular flexibility index (Phi) is 8.62. The van der Waals surface area contributed by atoms with Crippen molar-refractivity contribution in [3.63, 3.8) is 0 Å². The molecular weight excluding hydrogens is 536 g/mol. The predicted octanol–water partition coefficient (Wildman–Crippen LogP) is 4.98. The van der Waals surface area contributed by atoms with E-state index in [0.717, 1.165) is 29.3 Å². The van der Waals surface area contributed by atoms with Crippen LogP contribution in [-0.4, -0.2) is 69.6 Å². The summed E-state index contributed by atoms with van der Waals surface area (Å²) in [5, 5.41) is 12.4. The molecule has 1 spiro atoms. The molecule has 3 saturated heterocycles. The third-order valence-electron chi connectivity index (χ3n) is 9.18. The maximum atomic E-state index is 14.8. The zero-order valence-electron chi connectivity index (χ0n) is 23.9. The molecule has 0 aliphatic carbocycles. The van der Waals surface area contributed by atoms with Crippen LogP contribution in [0.25, 0.3) is 10.8 Å². The SMILES string of the molecule is C=CCCCOC(=O)[C@@H]1[C@@H]2CC(C)C3(S2)C(C(=O)N(CC=C)c2ccc4ccccc4c2)N([C@@H](CC)CO)C(=O)[C@H]13. The summed E-state index contributed by atoms with van der Waals surface area (Å²) in [6.45, 7) is 11.9. The van der Waals surface area contributed by atoms with Crippen LogP contribution in [0.2, 0.25) is 0 Å². The molecule has 2 aromatic carbocycles. The number of fused-ring (bicyclic) bond motifs is 2. The van der Waals surface area contributed by atoms with Crippen LogP contribution < -0.4 is 4.90 Å². The number of thioether (sulfide) groups is 1. The van der Waals surface area contributed by atoms with Crippen LogP contribution >= 0.6 is 11.8 Å². The van der Waals surface area contributed by atoms with Gasteiger partial charge in [-0.3, -0.25) is 14.4 Å². The Morgan fingerprint density at radius 2 is 1.98 bits per heavy atom. The zero-order chi connectivity index (χ0) is 29.3. The second-order valence-electron chi connectivity index (χ2n) is 11.4. The molecule has 3 aliphatic heterocycles. The van der Waals surface area contributed by atoms with E-state index in [1.54, 1.807) is 33.7 Å². The van der Waals surface area contributed by atoms with Crippen LogP contribution in [0.3, 0.4) is 0 Å². The fourth-order valence-electron chi connectivity index (χ4n) is 7.25. The summed E-state index contributed by atoms with van der Waals surface area (Å²) < 4.78 is 4.89. The lowest BCUT2D eigenvalue weighted by molar-refractivity contribution is -0.155. The van der Waals surface area contributed by atoms with Crippen LogP contribution in [0.4, 0.5) is 5.69 Å². The Morgan fingerprint density at radius 1 is 1.22 bits per heavy atom. The van der Waals surface area contributed by atoms with Crippen molar-refractivity contribution in [2.45, 2.75) is 61.6 Å². The average Bonchev–Trinajstić information content (AvgIpc) is 3.58. The molecule has 0 saturated carbocycles. The Labute approximate surface area is 246 Å². The number of carbonyl (C=O) groups excluding carboxylic acids is 3. The number of aliphatic hydroxyl groups is 1. The summed E-state index contributed by atoms with van der Waals surface area (Å²) in [4.78, 5) is 46.0. The highest BCUT2D eigenvalue weighted by Crippen LogP contribution is 2.69. The van der Waals surface area contributed by atoms with E-state index in [1.807, 2.05) is 49.4 Å². The van der Waals surface area contributed by atoms with Gasteiger partial charge >= 0.3 is 5.97 Å². The maximum absolute atomic E-state index is 14.8. The summed E-state index contributed by atoms with van der Waals surface area (Å²) in [7, 11) is 0. The van der Waals surface area contributed by atoms with E-state index in [9.17, 15) is 19.5 Å². The van der Waals surface area contributed by atoms with Gasteiger partial charge in [-0.25, -0.2) is 0 Å². The molecule has 218 valence electrons. The third kappa shape index (κ3) is 4.79. The highest BCUT2D eigenvalue weighted by Gasteiger charge is 2.77. The van der Waals surface area contributed by atoms with E-state index in [1.165, 1.54) is 0 Å². The van der Waals surface area contributed by atoms with E-state index in [0.29, 0.717) is 12.8 Å². The number of rotatable bonds is 12. The fourth-order valence-corrected chi connectivity index (χ4v) is 9.64. The second-order valence-corrected chi connectivity index (χ2v) is 13.0. The molecule has 7 nitrogen and oxygen atoms in total. The van der Waals surface area contributed by atoms with Crippen LogP contribution in [0.1, 0.15) is 39.5 Å². The van der Waals surface area contributed by atoms with Gasteiger partial charge in [0.2, 0.25) is 5.91 Å². The number of allylic oxidation sites excluding steroid dienone is 1. The number of ether oxygens (including phenoxy) is 1. The third-order valence-corrected chi connectivity index (χ3v) is 11.3. The first-order chi connectivity index (χ1) is 19.8. The smallest absolute Gasteiger partial charge is 0.310 e. The summed E-state index contributed by atoms with van der Waals surface area (Å²) in [6.07, 6.45) is 6.12. The van der Waals surface area contributed by atoms with Crippen molar-refractivity contribution in [3.05, 3.63) is 67.8 Å². The van der Waals surface area contributed by atoms with Crippen molar-refractivity contribution in [1.82, 2.24) is 4.90 Å². The predicted molar refractivity (Wildman–Crippen MR) is 164 cm³/mol. The van der Waals surface area contributed by atoms with Gasteiger partial charge in [-0.2, -0.15) is 0 Å². The number of carbonyl (C=O) groups is 3. The minimum Gasteiger partial charge on any atom is -0.465 e. The lowest BCUT2D eigenvalue weighted by atomic mass is 9.66. The largest absolute Gasteiger partial charge is 0.465 e. The molecule has 8 heteroatoms. The van der Waals surface area contributed by atoms with Gasteiger partial charge in [0.25, 0.3) is 5.91 Å². The summed E-state index contributed by atoms with van der Waals surface area (Å²) in [5.41, 5.74) is 0.723. The molecule has 41 heavy (non-hydrogen) atoms. The number of unbranched alkanes of at least 4 members (excludes halogenated alkanes) is 1. The molecule has 2 aromatic rings. The minimum atomic E-state index is -0.827. The topological polar surface area (TPSA) is 87.2 Å². The Morgan fingerprint density at radius 3 is 2.66 bits per heavy atom. The first-order valence-electron chi connectivity index (χ1n) is 14.6. The monoisotopic (exact) mass is 576 g/mol. The molecular formula is C33H40N2O5S. The summed E-state index contributed by atoms with van der Waals surface area (Å²) in [5.74, 6) is -2.06. The van der Waals surface area contributed by atoms with E-state index < -0.39 is 28.7 Å². The first kappa shape index (κ1) is 29.4. The van der Waals surface area contributed by atoms with Gasteiger partial charge in [0, 0.05) is 17.5 Å². The van der Waals surface area contributed by atoms with Crippen LogP contribution in [0.15, 0.2) is 67.8 Å². The van der Waals surface area contributed by atoms with Crippen molar-refractivity contribution in [3.8, 4) is 0 Å². The number of amides is 2. The minimum absolute atomic E-state index is 0.0219. The van der Waals surface area contributed by atoms with Crippen molar-refractivity contribution in [1.29, 1.82) is 0 Å². The van der Waals surface area contributed by atoms with Gasteiger partial charge in [-0.05, 0) is 54.5 Å². The van der Waals surface area contributed by atoms with Crippen LogP contribution in [0, 0.1) is 17.8 Å². The van der Waals surface area contributed by atoms with Gasteiger partial charge in [0.1, 0.15) is 6.04 Å². The summed E-state index contributed by atoms with van der Waals surface area (Å²) >= 11 is 1.62. The standard InChI is InChI=1S/C33H40N2O5S/c1-5-8-11-17-40-32(39)27-26-18-21(4)33(41-26)28(27)30(37)35(24(7-3)20-36)29(33)31(38)34(16-6-2)25-15-14-22-12-9-10-13-23(22)19-25/h5-6,9-10,12-15,19,21,24,26-29,36H,1-2,7-8,11,16-18,20H2,3-4H3/t21?,24-,26-,27+,28-,29?,33?/m0/s1. The van der Waals surface area contributed by atoms with E-state index in [-0.39, 0.29) is 48.7 Å². The quantitative estimate of drug-likeness (QED) is 0.218. The molecule has 5 rings (SSSR count). The molecule has 3 unspecified atom stereocenters. The lowest BCUT2D eigenvalue weighted by Crippen LogP contribution is -2.59. The van der Waals surface area contributed by atoms with Gasteiger partial charge in [0.15, 0.2) is 0 Å². The number of esters is 1. The number of likely N-dealkylation sites (tertiary alicyclic amines) is 1. The molecule has 3 heterocycles. The number of hydrogen-bond acceptors (Lipinski definition) is 6. The van der Waals surface area contributed by atoms with E-state index in [4.69, 9.17) is 4.74 Å².